The molecule has 0 N–H and O–H groups in total. The molecule has 0 spiro atoms. The van der Waals surface area contributed by atoms with Crippen molar-refractivity contribution in [1.82, 2.24) is 4.90 Å². The van der Waals surface area contributed by atoms with Crippen LogP contribution in [0.15, 0.2) is 72.6 Å². The lowest BCUT2D eigenvalue weighted by molar-refractivity contribution is -0.0567. The van der Waals surface area contributed by atoms with E-state index >= 15 is 0 Å². The van der Waals surface area contributed by atoms with Crippen molar-refractivity contribution in [3.05, 3.63) is 72.6 Å². The fraction of sp³-hybridized carbons (Fsp3) is 0.516. The molecule has 12 heteroatoms. The van der Waals surface area contributed by atoms with Crippen molar-refractivity contribution < 1.29 is 39.7 Å². The van der Waals surface area contributed by atoms with E-state index in [1.54, 1.807) is 20.8 Å². The number of hydrogen-bond donors (Lipinski definition) is 0. The van der Waals surface area contributed by atoms with Gasteiger partial charge in [0.1, 0.15) is 5.60 Å². The lowest BCUT2D eigenvalue weighted by Crippen LogP contribution is -2.68. The Morgan fingerprint density at radius 1 is 0.930 bits per heavy atom. The molecule has 0 saturated carbocycles. The molecule has 0 radical (unpaired) electrons. The summed E-state index contributed by atoms with van der Waals surface area (Å²) in [5.41, 5.74) is -6.72. The predicted molar refractivity (Wildman–Crippen MR) is 163 cm³/mol. The van der Waals surface area contributed by atoms with Gasteiger partial charge in [-0.3, -0.25) is 0 Å². The van der Waals surface area contributed by atoms with E-state index in [1.165, 1.54) is 6.08 Å². The third-order valence-electron chi connectivity index (χ3n) is 7.44. The van der Waals surface area contributed by atoms with Crippen LogP contribution in [-0.2, 0) is 23.5 Å². The standard InChI is InChI=1S/C31H42F3NO6SSi/c1-22(2)25-19-20-27(41-42(37,38)31(32,33)34)35(28(36)40-29(3,4)5)26(25)21-39-43(30(6,7)8,23-15-11-9-12-16-23)24-17-13-10-14-18-24/h9-18,20,22,25-26H,19,21H2,1-8H3. The summed E-state index contributed by atoms with van der Waals surface area (Å²) in [6.07, 6.45) is 0.337. The fourth-order valence-corrected chi connectivity index (χ4v) is 10.5. The molecule has 1 aliphatic heterocycles. The molecule has 2 aromatic carbocycles. The van der Waals surface area contributed by atoms with Gasteiger partial charge in [-0.05, 0) is 60.5 Å². The van der Waals surface area contributed by atoms with Crippen LogP contribution < -0.4 is 10.4 Å². The van der Waals surface area contributed by atoms with Crippen LogP contribution in [0.1, 0.15) is 61.8 Å². The average Bonchev–Trinajstić information content (AvgIpc) is 2.87. The first kappa shape index (κ1) is 34.7. The second-order valence-corrected chi connectivity index (χ2v) is 18.9. The SMILES string of the molecule is CC(C)C1CC=C(OS(=O)(=O)C(F)(F)F)N(C(=O)OC(C)(C)C)C1CO[Si](c1ccccc1)(c1ccccc1)C(C)(C)C. The van der Waals surface area contributed by atoms with Crippen molar-refractivity contribution in [3.63, 3.8) is 0 Å². The zero-order valence-electron chi connectivity index (χ0n) is 25.9. The quantitative estimate of drug-likeness (QED) is 0.185. The maximum Gasteiger partial charge on any atom is 0.534 e. The first-order valence-corrected chi connectivity index (χ1v) is 17.5. The predicted octanol–water partition coefficient (Wildman–Crippen LogP) is 6.55. The molecular weight excluding hydrogens is 599 g/mol. The minimum absolute atomic E-state index is 0.0605. The first-order chi connectivity index (χ1) is 19.7. The molecule has 238 valence electrons. The minimum atomic E-state index is -6.07. The molecule has 2 unspecified atom stereocenters. The molecule has 2 aromatic rings. The zero-order valence-corrected chi connectivity index (χ0v) is 27.8. The number of ether oxygens (including phenoxy) is 1. The maximum absolute atomic E-state index is 13.7. The summed E-state index contributed by atoms with van der Waals surface area (Å²) in [7, 11) is -9.22. The molecule has 0 bridgehead atoms. The van der Waals surface area contributed by atoms with Gasteiger partial charge in [0, 0.05) is 0 Å². The van der Waals surface area contributed by atoms with Gasteiger partial charge < -0.3 is 13.3 Å². The second kappa shape index (κ2) is 12.6. The maximum atomic E-state index is 13.7. The second-order valence-electron chi connectivity index (χ2n) is 13.1. The van der Waals surface area contributed by atoms with Gasteiger partial charge >= 0.3 is 21.7 Å². The summed E-state index contributed by atoms with van der Waals surface area (Å²) in [5, 5.41) is 1.52. The molecular formula is C31H42F3NO6SSi. The molecule has 7 nitrogen and oxygen atoms in total. The van der Waals surface area contributed by atoms with Crippen molar-refractivity contribution >= 4 is 34.9 Å². The van der Waals surface area contributed by atoms with Crippen molar-refractivity contribution in [3.8, 4) is 0 Å². The van der Waals surface area contributed by atoms with Crippen molar-refractivity contribution in [2.45, 2.75) is 84.0 Å². The van der Waals surface area contributed by atoms with Crippen molar-refractivity contribution in [2.24, 2.45) is 11.8 Å². The topological polar surface area (TPSA) is 82.1 Å². The van der Waals surface area contributed by atoms with E-state index in [0.717, 1.165) is 15.3 Å². The van der Waals surface area contributed by atoms with E-state index in [-0.39, 0.29) is 24.9 Å². The van der Waals surface area contributed by atoms with Gasteiger partial charge in [0.2, 0.25) is 5.88 Å². The molecule has 0 saturated heterocycles. The average molecular weight is 642 g/mol. The highest BCUT2D eigenvalue weighted by Crippen LogP contribution is 2.40. The summed E-state index contributed by atoms with van der Waals surface area (Å²) < 4.78 is 81.7. The molecule has 0 aromatic heterocycles. The van der Waals surface area contributed by atoms with Crippen LogP contribution >= 0.6 is 0 Å². The van der Waals surface area contributed by atoms with E-state index in [4.69, 9.17) is 9.16 Å². The minimum Gasteiger partial charge on any atom is -0.443 e. The molecule has 43 heavy (non-hydrogen) atoms. The van der Waals surface area contributed by atoms with E-state index in [9.17, 15) is 26.4 Å². The number of carbonyl (C=O) groups excluding carboxylic acids is 1. The van der Waals surface area contributed by atoms with Gasteiger partial charge in [0.25, 0.3) is 8.32 Å². The Morgan fingerprint density at radius 3 is 1.81 bits per heavy atom. The van der Waals surface area contributed by atoms with E-state index in [0.29, 0.717) is 0 Å². The van der Waals surface area contributed by atoms with Gasteiger partial charge in [0.15, 0.2) is 0 Å². The van der Waals surface area contributed by atoms with Gasteiger partial charge in [0.05, 0.1) is 12.6 Å². The van der Waals surface area contributed by atoms with E-state index in [2.05, 4.69) is 25.0 Å². The van der Waals surface area contributed by atoms with E-state index in [1.807, 2.05) is 74.5 Å². The molecule has 2 atom stereocenters. The summed E-state index contributed by atoms with van der Waals surface area (Å²) in [4.78, 5) is 14.6. The normalized spacial score (nSPS) is 18.8. The largest absolute Gasteiger partial charge is 0.534 e. The molecule has 1 heterocycles. The Hall–Kier alpha value is -2.83. The Bertz CT molecular complexity index is 1350. The first-order valence-electron chi connectivity index (χ1n) is 14.2. The number of rotatable bonds is 8. The third-order valence-corrected chi connectivity index (χ3v) is 13.4. The number of amides is 1. The van der Waals surface area contributed by atoms with Gasteiger partial charge in [-0.15, -0.1) is 0 Å². The Morgan fingerprint density at radius 2 is 1.42 bits per heavy atom. The highest BCUT2D eigenvalue weighted by Gasteiger charge is 2.54. The number of benzene rings is 2. The van der Waals surface area contributed by atoms with Gasteiger partial charge in [-0.25, -0.2) is 9.69 Å². The number of hydrogen-bond acceptors (Lipinski definition) is 6. The molecule has 1 aliphatic rings. The number of carbonyl (C=O) groups is 1. The summed E-state index contributed by atoms with van der Waals surface area (Å²) >= 11 is 0. The zero-order chi connectivity index (χ0) is 32.4. The summed E-state index contributed by atoms with van der Waals surface area (Å²) in [6, 6.07) is 18.6. The van der Waals surface area contributed by atoms with Crippen LogP contribution in [-0.4, -0.2) is 51.5 Å². The van der Waals surface area contributed by atoms with Crippen LogP contribution in [0.3, 0.4) is 0 Å². The van der Waals surface area contributed by atoms with Crippen molar-refractivity contribution in [1.29, 1.82) is 0 Å². The molecule has 0 fully saturated rings. The van der Waals surface area contributed by atoms with Crippen LogP contribution in [0, 0.1) is 11.8 Å². The van der Waals surface area contributed by atoms with Crippen LogP contribution in [0.4, 0.5) is 18.0 Å². The Balaban J connectivity index is 2.20. The molecule has 0 aliphatic carbocycles. The lowest BCUT2D eigenvalue weighted by atomic mass is 9.83. The number of halogens is 3. The van der Waals surface area contributed by atoms with Crippen LogP contribution in [0.25, 0.3) is 0 Å². The number of nitrogens with zero attached hydrogens (tertiary/aromatic N) is 1. The Labute approximate surface area is 254 Å². The van der Waals surface area contributed by atoms with Crippen LogP contribution in [0.5, 0.6) is 0 Å². The molecule has 1 amide bonds. The lowest BCUT2D eigenvalue weighted by Gasteiger charge is -2.47. The van der Waals surface area contributed by atoms with Crippen molar-refractivity contribution in [2.75, 3.05) is 6.61 Å². The fourth-order valence-electron chi connectivity index (χ4n) is 5.50. The summed E-state index contributed by atoms with van der Waals surface area (Å²) in [6.45, 7) is 14.8. The highest BCUT2D eigenvalue weighted by atomic mass is 32.2. The highest BCUT2D eigenvalue weighted by molar-refractivity contribution is 7.87. The van der Waals surface area contributed by atoms with Crippen LogP contribution in [0.2, 0.25) is 5.04 Å². The van der Waals surface area contributed by atoms with E-state index < -0.39 is 52.6 Å². The number of alkyl halides is 3. The number of allylic oxidation sites excluding steroid dienone is 1. The van der Waals surface area contributed by atoms with Gasteiger partial charge in [-0.2, -0.15) is 21.6 Å². The smallest absolute Gasteiger partial charge is 0.443 e. The summed E-state index contributed by atoms with van der Waals surface area (Å²) in [5.74, 6) is -1.12. The third kappa shape index (κ3) is 7.64. The molecule has 3 rings (SSSR count). The monoisotopic (exact) mass is 641 g/mol. The van der Waals surface area contributed by atoms with Gasteiger partial charge in [-0.1, -0.05) is 95.3 Å². The Kier molecular flexibility index (Phi) is 10.2.